The minimum Gasteiger partial charge on any atom is -0.341 e. The Morgan fingerprint density at radius 2 is 1.68 bits per heavy atom. The van der Waals surface area contributed by atoms with E-state index in [2.05, 4.69) is 20.4 Å². The molecule has 1 fully saturated rings. The Balaban J connectivity index is 1.30. The highest BCUT2D eigenvalue weighted by Gasteiger charge is 2.30. The van der Waals surface area contributed by atoms with Crippen LogP contribution in [0.3, 0.4) is 0 Å². The number of nitrogens with zero attached hydrogens (tertiary/aromatic N) is 4. The summed E-state index contributed by atoms with van der Waals surface area (Å²) < 4.78 is 5.54. The molecule has 4 rings (SSSR count). The van der Waals surface area contributed by atoms with Gasteiger partial charge in [0.1, 0.15) is 6.04 Å². The van der Waals surface area contributed by atoms with Gasteiger partial charge in [-0.25, -0.2) is 0 Å². The molecule has 2 aromatic carbocycles. The molecule has 3 aromatic rings. The number of hydrogen-bond acceptors (Lipinski definition) is 6. The molecule has 1 aromatic heterocycles. The average molecular weight is 462 g/mol. The summed E-state index contributed by atoms with van der Waals surface area (Å²) in [6, 6.07) is 14.7. The lowest BCUT2D eigenvalue weighted by molar-refractivity contribution is -0.135. The zero-order valence-electron chi connectivity index (χ0n) is 20.1. The molecule has 2 heterocycles. The standard InChI is InChI=1S/C26H31N5O3/c1-17-8-10-21(11-9-17)23-28-25(34-29-23)20(4)30-12-14-31(15-13-30)26(33)19(3)27-24(32)22-7-5-6-18(2)16-22/h5-11,16,19-20H,12-15H2,1-4H3,(H,27,32). The Bertz CT molecular complexity index is 1150. The van der Waals surface area contributed by atoms with Crippen molar-refractivity contribution in [1.29, 1.82) is 0 Å². The van der Waals surface area contributed by atoms with E-state index in [0.29, 0.717) is 43.5 Å². The van der Waals surface area contributed by atoms with Crippen molar-refractivity contribution in [2.24, 2.45) is 0 Å². The monoisotopic (exact) mass is 461 g/mol. The van der Waals surface area contributed by atoms with Gasteiger partial charge in [0, 0.05) is 37.3 Å². The number of benzene rings is 2. The van der Waals surface area contributed by atoms with E-state index < -0.39 is 6.04 Å². The summed E-state index contributed by atoms with van der Waals surface area (Å²) in [5.74, 6) is 0.827. The number of rotatable bonds is 6. The van der Waals surface area contributed by atoms with Crippen molar-refractivity contribution < 1.29 is 14.1 Å². The average Bonchev–Trinajstić information content (AvgIpc) is 3.34. The molecule has 178 valence electrons. The van der Waals surface area contributed by atoms with Crippen molar-refractivity contribution in [2.45, 2.75) is 39.8 Å². The van der Waals surface area contributed by atoms with Crippen molar-refractivity contribution in [1.82, 2.24) is 25.3 Å². The quantitative estimate of drug-likeness (QED) is 0.605. The highest BCUT2D eigenvalue weighted by molar-refractivity contribution is 5.97. The first-order chi connectivity index (χ1) is 16.3. The van der Waals surface area contributed by atoms with E-state index >= 15 is 0 Å². The van der Waals surface area contributed by atoms with Crippen LogP contribution in [0.5, 0.6) is 0 Å². The van der Waals surface area contributed by atoms with E-state index in [9.17, 15) is 9.59 Å². The van der Waals surface area contributed by atoms with Crippen molar-refractivity contribution in [3.63, 3.8) is 0 Å². The van der Waals surface area contributed by atoms with Crippen LogP contribution in [0.15, 0.2) is 53.1 Å². The fourth-order valence-electron chi connectivity index (χ4n) is 4.11. The van der Waals surface area contributed by atoms with Gasteiger partial charge in [0.25, 0.3) is 5.91 Å². The van der Waals surface area contributed by atoms with Gasteiger partial charge in [-0.15, -0.1) is 0 Å². The molecule has 34 heavy (non-hydrogen) atoms. The summed E-state index contributed by atoms with van der Waals surface area (Å²) in [6.45, 7) is 10.3. The van der Waals surface area contributed by atoms with Gasteiger partial charge >= 0.3 is 0 Å². The third-order valence-electron chi connectivity index (χ3n) is 6.28. The van der Waals surface area contributed by atoms with Crippen molar-refractivity contribution in [2.75, 3.05) is 26.2 Å². The van der Waals surface area contributed by atoms with Crippen LogP contribution >= 0.6 is 0 Å². The Morgan fingerprint density at radius 1 is 0.971 bits per heavy atom. The predicted molar refractivity (Wildman–Crippen MR) is 129 cm³/mol. The molecule has 1 aliphatic rings. The molecule has 2 amide bonds. The van der Waals surface area contributed by atoms with Crippen molar-refractivity contribution in [3.8, 4) is 11.4 Å². The second-order valence-electron chi connectivity index (χ2n) is 8.92. The van der Waals surface area contributed by atoms with Crippen LogP contribution in [0.2, 0.25) is 0 Å². The molecule has 2 unspecified atom stereocenters. The van der Waals surface area contributed by atoms with E-state index in [-0.39, 0.29) is 17.9 Å². The first kappa shape index (κ1) is 23.6. The predicted octanol–water partition coefficient (Wildman–Crippen LogP) is 3.38. The molecular formula is C26H31N5O3. The third-order valence-corrected chi connectivity index (χ3v) is 6.28. The van der Waals surface area contributed by atoms with E-state index in [1.165, 1.54) is 5.56 Å². The topological polar surface area (TPSA) is 91.6 Å². The number of hydrogen-bond donors (Lipinski definition) is 1. The van der Waals surface area contributed by atoms with Gasteiger partial charge in [-0.1, -0.05) is 52.7 Å². The molecule has 8 nitrogen and oxygen atoms in total. The van der Waals surface area contributed by atoms with Gasteiger partial charge < -0.3 is 14.7 Å². The summed E-state index contributed by atoms with van der Waals surface area (Å²) in [6.07, 6.45) is 0. The minimum absolute atomic E-state index is 0.0533. The maximum atomic E-state index is 12.9. The maximum Gasteiger partial charge on any atom is 0.251 e. The maximum absolute atomic E-state index is 12.9. The van der Waals surface area contributed by atoms with E-state index in [4.69, 9.17) is 4.52 Å². The lowest BCUT2D eigenvalue weighted by Gasteiger charge is -2.37. The molecule has 1 N–H and O–H groups in total. The minimum atomic E-state index is -0.593. The fourth-order valence-corrected chi connectivity index (χ4v) is 4.11. The van der Waals surface area contributed by atoms with Gasteiger partial charge in [-0.3, -0.25) is 14.5 Å². The summed E-state index contributed by atoms with van der Waals surface area (Å²) in [4.78, 5) is 34.0. The van der Waals surface area contributed by atoms with Crippen LogP contribution in [0.1, 0.15) is 47.3 Å². The van der Waals surface area contributed by atoms with Crippen molar-refractivity contribution in [3.05, 3.63) is 71.1 Å². The number of carbonyl (C=O) groups excluding carboxylic acids is 2. The van der Waals surface area contributed by atoms with Gasteiger partial charge in [0.2, 0.25) is 17.6 Å². The van der Waals surface area contributed by atoms with Crippen LogP contribution < -0.4 is 5.32 Å². The van der Waals surface area contributed by atoms with Crippen molar-refractivity contribution >= 4 is 11.8 Å². The lowest BCUT2D eigenvalue weighted by Crippen LogP contribution is -2.54. The lowest BCUT2D eigenvalue weighted by atomic mass is 10.1. The first-order valence-electron chi connectivity index (χ1n) is 11.6. The molecule has 0 spiro atoms. The number of nitrogens with one attached hydrogen (secondary N) is 1. The van der Waals surface area contributed by atoms with Crippen LogP contribution in [0, 0.1) is 13.8 Å². The molecule has 0 bridgehead atoms. The Labute approximate surface area is 199 Å². The molecule has 1 aliphatic heterocycles. The molecule has 1 saturated heterocycles. The van der Waals surface area contributed by atoms with Crippen LogP contribution in [0.4, 0.5) is 0 Å². The Kier molecular flexibility index (Phi) is 7.07. The highest BCUT2D eigenvalue weighted by Crippen LogP contribution is 2.24. The largest absolute Gasteiger partial charge is 0.341 e. The summed E-state index contributed by atoms with van der Waals surface area (Å²) in [7, 11) is 0. The van der Waals surface area contributed by atoms with E-state index in [1.54, 1.807) is 17.9 Å². The molecule has 0 saturated carbocycles. The third kappa shape index (κ3) is 5.34. The molecular weight excluding hydrogens is 430 g/mol. The number of aromatic nitrogens is 2. The second-order valence-corrected chi connectivity index (χ2v) is 8.92. The fraction of sp³-hybridized carbons (Fsp3) is 0.385. The van der Waals surface area contributed by atoms with Crippen LogP contribution in [0.25, 0.3) is 11.4 Å². The molecule has 2 atom stereocenters. The highest BCUT2D eigenvalue weighted by atomic mass is 16.5. The number of piperazine rings is 1. The zero-order valence-corrected chi connectivity index (χ0v) is 20.1. The summed E-state index contributed by atoms with van der Waals surface area (Å²) >= 11 is 0. The molecule has 0 aliphatic carbocycles. The molecule has 8 heteroatoms. The SMILES string of the molecule is Cc1ccc(-c2noc(C(C)N3CCN(C(=O)C(C)NC(=O)c4cccc(C)c4)CC3)n2)cc1. The number of carbonyl (C=O) groups is 2. The van der Waals surface area contributed by atoms with E-state index in [0.717, 1.165) is 11.1 Å². The zero-order chi connectivity index (χ0) is 24.2. The van der Waals surface area contributed by atoms with Crippen LogP contribution in [-0.4, -0.2) is 64.0 Å². The van der Waals surface area contributed by atoms with Gasteiger partial charge in [0.15, 0.2) is 0 Å². The first-order valence-corrected chi connectivity index (χ1v) is 11.6. The Hall–Kier alpha value is -3.52. The summed E-state index contributed by atoms with van der Waals surface area (Å²) in [5, 5.41) is 6.96. The number of aryl methyl sites for hydroxylation is 2. The number of amides is 2. The van der Waals surface area contributed by atoms with Gasteiger partial charge in [-0.2, -0.15) is 4.98 Å². The van der Waals surface area contributed by atoms with Gasteiger partial charge in [-0.05, 0) is 39.8 Å². The smallest absolute Gasteiger partial charge is 0.251 e. The Morgan fingerprint density at radius 3 is 2.35 bits per heavy atom. The summed E-state index contributed by atoms with van der Waals surface area (Å²) in [5.41, 5.74) is 3.66. The second kappa shape index (κ2) is 10.2. The van der Waals surface area contributed by atoms with Gasteiger partial charge in [0.05, 0.1) is 6.04 Å². The van der Waals surface area contributed by atoms with Crippen LogP contribution in [-0.2, 0) is 4.79 Å². The molecule has 0 radical (unpaired) electrons. The van der Waals surface area contributed by atoms with E-state index in [1.807, 2.05) is 63.2 Å². The normalized spacial score (nSPS) is 16.2.